The number of carbonyl (C=O) groups is 2. The Labute approximate surface area is 226 Å². The van der Waals surface area contributed by atoms with Crippen LogP contribution >= 0.6 is 22.7 Å². The number of nitrogens with zero attached hydrogens (tertiary/aromatic N) is 2. The molecule has 7 nitrogen and oxygen atoms in total. The number of thiophene rings is 2. The van der Waals surface area contributed by atoms with Gasteiger partial charge in [0.15, 0.2) is 0 Å². The van der Waals surface area contributed by atoms with Gasteiger partial charge in [0.05, 0.1) is 5.56 Å². The topological polar surface area (TPSA) is 75.6 Å². The maximum absolute atomic E-state index is 13.2. The molecule has 4 heterocycles. The fourth-order valence-electron chi connectivity index (χ4n) is 5.15. The standard InChI is InChI=1S/C28H36N4O3S2/c1-5-31-15-12-18-20(25(37-22(18)17-31)32-13-8-9-14-32)16-29-27(34)30-24-23(26(33)35-28(2,3)4)19-10-6-7-11-21(19)36-24/h8-9,13-14H,5-7,10-12,15-17H2,1-4H3,(H2,29,30,34). The van der Waals surface area contributed by atoms with Crippen LogP contribution in [0.25, 0.3) is 5.00 Å². The van der Waals surface area contributed by atoms with Crippen molar-refractivity contribution in [2.45, 2.75) is 78.5 Å². The van der Waals surface area contributed by atoms with Crippen LogP contribution in [-0.4, -0.2) is 40.2 Å². The lowest BCUT2D eigenvalue weighted by atomic mass is 9.95. The van der Waals surface area contributed by atoms with Crippen LogP contribution in [-0.2, 0) is 37.1 Å². The van der Waals surface area contributed by atoms with Gasteiger partial charge >= 0.3 is 12.0 Å². The van der Waals surface area contributed by atoms with Crippen LogP contribution < -0.4 is 10.6 Å². The number of carbonyl (C=O) groups excluding carboxylic acids is 2. The Morgan fingerprint density at radius 3 is 2.51 bits per heavy atom. The molecule has 2 N–H and O–H groups in total. The second-order valence-electron chi connectivity index (χ2n) is 10.7. The van der Waals surface area contributed by atoms with Crippen molar-refractivity contribution in [2.24, 2.45) is 0 Å². The summed E-state index contributed by atoms with van der Waals surface area (Å²) in [7, 11) is 0. The number of hydrogen-bond donors (Lipinski definition) is 2. The molecule has 2 aliphatic rings. The highest BCUT2D eigenvalue weighted by atomic mass is 32.1. The van der Waals surface area contributed by atoms with Crippen molar-refractivity contribution in [1.29, 1.82) is 0 Å². The van der Waals surface area contributed by atoms with E-state index in [0.29, 0.717) is 17.1 Å². The molecule has 0 atom stereocenters. The Morgan fingerprint density at radius 1 is 1.03 bits per heavy atom. The summed E-state index contributed by atoms with van der Waals surface area (Å²) in [6, 6.07) is 3.75. The van der Waals surface area contributed by atoms with E-state index in [0.717, 1.165) is 62.3 Å². The van der Waals surface area contributed by atoms with Gasteiger partial charge in [0, 0.05) is 47.3 Å². The number of likely N-dealkylation sites (N-methyl/N-ethyl adjacent to an activating group) is 1. The van der Waals surface area contributed by atoms with Crippen molar-refractivity contribution in [3.63, 3.8) is 0 Å². The van der Waals surface area contributed by atoms with Gasteiger partial charge in [-0.3, -0.25) is 10.2 Å². The van der Waals surface area contributed by atoms with E-state index in [1.807, 2.05) is 44.2 Å². The van der Waals surface area contributed by atoms with Crippen molar-refractivity contribution in [1.82, 2.24) is 14.8 Å². The minimum absolute atomic E-state index is 0.298. The summed E-state index contributed by atoms with van der Waals surface area (Å²) in [6.45, 7) is 11.3. The Morgan fingerprint density at radius 2 is 1.78 bits per heavy atom. The summed E-state index contributed by atoms with van der Waals surface area (Å²) in [5.74, 6) is -0.357. The predicted octanol–water partition coefficient (Wildman–Crippen LogP) is 6.13. The highest BCUT2D eigenvalue weighted by molar-refractivity contribution is 7.17. The molecule has 0 aromatic carbocycles. The van der Waals surface area contributed by atoms with Crippen LogP contribution in [0.3, 0.4) is 0 Å². The zero-order valence-electron chi connectivity index (χ0n) is 22.1. The Kier molecular flexibility index (Phi) is 7.47. The first kappa shape index (κ1) is 26.0. The molecule has 0 spiro atoms. The predicted molar refractivity (Wildman–Crippen MR) is 150 cm³/mol. The van der Waals surface area contributed by atoms with Crippen molar-refractivity contribution in [3.05, 3.63) is 56.5 Å². The molecule has 2 amide bonds. The molecule has 0 saturated heterocycles. The molecule has 3 aromatic rings. The fourth-order valence-corrected chi connectivity index (χ4v) is 7.80. The first-order valence-electron chi connectivity index (χ1n) is 13.2. The smallest absolute Gasteiger partial charge is 0.341 e. The summed E-state index contributed by atoms with van der Waals surface area (Å²) in [6.07, 6.45) is 9.04. The minimum atomic E-state index is -0.597. The van der Waals surface area contributed by atoms with E-state index in [9.17, 15) is 9.59 Å². The quantitative estimate of drug-likeness (QED) is 0.369. The normalized spacial score (nSPS) is 15.7. The lowest BCUT2D eigenvalue weighted by Gasteiger charge is -2.25. The molecular formula is C28H36N4O3S2. The summed E-state index contributed by atoms with van der Waals surface area (Å²) >= 11 is 3.33. The monoisotopic (exact) mass is 540 g/mol. The molecular weight excluding hydrogens is 504 g/mol. The Balaban J connectivity index is 1.36. The van der Waals surface area contributed by atoms with Crippen LogP contribution in [0, 0.1) is 0 Å². The fraction of sp³-hybridized carbons (Fsp3) is 0.500. The van der Waals surface area contributed by atoms with Crippen LogP contribution in [0.15, 0.2) is 24.5 Å². The van der Waals surface area contributed by atoms with Crippen LogP contribution in [0.5, 0.6) is 0 Å². The maximum atomic E-state index is 13.2. The molecule has 0 fully saturated rings. The van der Waals surface area contributed by atoms with E-state index in [-0.39, 0.29) is 12.0 Å². The molecule has 0 bridgehead atoms. The van der Waals surface area contributed by atoms with E-state index in [2.05, 4.69) is 39.4 Å². The van der Waals surface area contributed by atoms with E-state index in [1.165, 1.54) is 32.2 Å². The molecule has 9 heteroatoms. The van der Waals surface area contributed by atoms with Gasteiger partial charge in [-0.2, -0.15) is 0 Å². The van der Waals surface area contributed by atoms with Crippen molar-refractivity contribution in [2.75, 3.05) is 18.4 Å². The summed E-state index contributed by atoms with van der Waals surface area (Å²) in [5.41, 5.74) is 3.52. The molecule has 37 heavy (non-hydrogen) atoms. The number of aromatic nitrogens is 1. The van der Waals surface area contributed by atoms with Crippen LogP contribution in [0.2, 0.25) is 0 Å². The first-order valence-corrected chi connectivity index (χ1v) is 14.8. The number of anilines is 1. The van der Waals surface area contributed by atoms with Gasteiger partial charge in [-0.1, -0.05) is 6.92 Å². The van der Waals surface area contributed by atoms with Gasteiger partial charge in [-0.15, -0.1) is 22.7 Å². The third-order valence-corrected chi connectivity index (χ3v) is 9.42. The van der Waals surface area contributed by atoms with Gasteiger partial charge in [-0.25, -0.2) is 9.59 Å². The van der Waals surface area contributed by atoms with Gasteiger partial charge in [-0.05, 0) is 82.7 Å². The van der Waals surface area contributed by atoms with Crippen LogP contribution in [0.4, 0.5) is 9.80 Å². The lowest BCUT2D eigenvalue weighted by Crippen LogP contribution is -2.32. The van der Waals surface area contributed by atoms with Crippen molar-refractivity contribution in [3.8, 4) is 5.00 Å². The zero-order chi connectivity index (χ0) is 26.2. The lowest BCUT2D eigenvalue weighted by molar-refractivity contribution is 0.00699. The van der Waals surface area contributed by atoms with E-state index in [1.54, 1.807) is 0 Å². The van der Waals surface area contributed by atoms with E-state index in [4.69, 9.17) is 4.74 Å². The number of aryl methyl sites for hydroxylation is 1. The second kappa shape index (κ2) is 10.6. The largest absolute Gasteiger partial charge is 0.456 e. The van der Waals surface area contributed by atoms with Gasteiger partial charge in [0.25, 0.3) is 0 Å². The molecule has 1 aliphatic heterocycles. The number of amides is 2. The van der Waals surface area contributed by atoms with Gasteiger partial charge < -0.3 is 14.6 Å². The maximum Gasteiger partial charge on any atom is 0.341 e. The van der Waals surface area contributed by atoms with E-state index >= 15 is 0 Å². The first-order chi connectivity index (χ1) is 17.7. The Hall–Kier alpha value is -2.62. The number of urea groups is 1. The van der Waals surface area contributed by atoms with Crippen LogP contribution in [0.1, 0.15) is 77.3 Å². The average molecular weight is 541 g/mol. The molecule has 198 valence electrons. The molecule has 0 saturated carbocycles. The number of rotatable bonds is 6. The van der Waals surface area contributed by atoms with Gasteiger partial charge in [0.1, 0.15) is 15.6 Å². The third kappa shape index (κ3) is 5.63. The summed E-state index contributed by atoms with van der Waals surface area (Å²) < 4.78 is 7.86. The highest BCUT2D eigenvalue weighted by Crippen LogP contribution is 2.39. The average Bonchev–Trinajstić information content (AvgIpc) is 3.57. The third-order valence-electron chi connectivity index (χ3n) is 6.94. The Bertz CT molecular complexity index is 1280. The molecule has 0 radical (unpaired) electrons. The zero-order valence-corrected chi connectivity index (χ0v) is 23.7. The molecule has 1 aliphatic carbocycles. The van der Waals surface area contributed by atoms with E-state index < -0.39 is 5.60 Å². The summed E-state index contributed by atoms with van der Waals surface area (Å²) in [4.78, 5) is 31.3. The SMILES string of the molecule is CCN1CCc2c(sc(-n3cccc3)c2CNC(=O)Nc2sc3c(c2C(=O)OC(C)(C)C)CCCC3)C1. The number of esters is 1. The van der Waals surface area contributed by atoms with Crippen molar-refractivity contribution < 1.29 is 14.3 Å². The number of ether oxygens (including phenoxy) is 1. The molecule has 3 aromatic heterocycles. The minimum Gasteiger partial charge on any atom is -0.456 e. The number of fused-ring (bicyclic) bond motifs is 2. The molecule has 0 unspecified atom stereocenters. The highest BCUT2D eigenvalue weighted by Gasteiger charge is 2.30. The van der Waals surface area contributed by atoms with Crippen molar-refractivity contribution >= 4 is 39.7 Å². The number of hydrogen-bond acceptors (Lipinski definition) is 6. The van der Waals surface area contributed by atoms with Gasteiger partial charge in [0.2, 0.25) is 0 Å². The molecule has 5 rings (SSSR count). The summed E-state index contributed by atoms with van der Waals surface area (Å²) in [5, 5.41) is 7.85. The number of nitrogens with one attached hydrogen (secondary N) is 2. The second-order valence-corrected chi connectivity index (χ2v) is 12.9.